The summed E-state index contributed by atoms with van der Waals surface area (Å²) in [6, 6.07) is 23.0. The average Bonchev–Trinajstić information content (AvgIpc) is 3.30. The van der Waals surface area contributed by atoms with E-state index < -0.39 is 5.91 Å². The van der Waals surface area contributed by atoms with Crippen molar-refractivity contribution in [3.63, 3.8) is 0 Å². The van der Waals surface area contributed by atoms with E-state index in [2.05, 4.69) is 15.2 Å². The van der Waals surface area contributed by atoms with Crippen molar-refractivity contribution < 1.29 is 14.3 Å². The van der Waals surface area contributed by atoms with Crippen LogP contribution >= 0.6 is 0 Å². The molecule has 4 aromatic rings. The number of nitrogens with zero attached hydrogens (tertiary/aromatic N) is 2. The van der Waals surface area contributed by atoms with Crippen molar-refractivity contribution in [2.45, 2.75) is 0 Å². The smallest absolute Gasteiger partial charge is 0.337 e. The normalized spacial score (nSPS) is 10.6. The number of H-pyrrole nitrogens is 1. The molecule has 0 aliphatic carbocycles. The first kappa shape index (κ1) is 19.1. The quantitative estimate of drug-likeness (QED) is 0.498. The number of amides is 1. The summed E-state index contributed by atoms with van der Waals surface area (Å²) in [5.74, 6) is -0.623. The molecule has 0 radical (unpaired) electrons. The third-order valence-electron chi connectivity index (χ3n) is 4.69. The summed E-state index contributed by atoms with van der Waals surface area (Å²) in [4.78, 5) is 27.1. The second-order valence-electron chi connectivity index (χ2n) is 6.57. The molecule has 3 aromatic carbocycles. The SMILES string of the molecule is COC(=O)c1ccc(-c2ccccc2-c2cccc(-c3n[nH]c(C(N)=O)n3)c2)cc1. The number of aromatic amines is 1. The number of ether oxygens (including phenoxy) is 1. The van der Waals surface area contributed by atoms with Crippen molar-refractivity contribution in [1.29, 1.82) is 0 Å². The summed E-state index contributed by atoms with van der Waals surface area (Å²) in [7, 11) is 1.36. The Balaban J connectivity index is 1.73. The molecule has 0 spiro atoms. The maximum absolute atomic E-state index is 11.7. The molecule has 0 unspecified atom stereocenters. The first-order valence-electron chi connectivity index (χ1n) is 9.17. The number of esters is 1. The number of nitrogens with two attached hydrogens (primary N) is 1. The molecule has 1 amide bonds. The van der Waals surface area contributed by atoms with Crippen LogP contribution in [0.3, 0.4) is 0 Å². The molecule has 148 valence electrons. The molecule has 0 saturated carbocycles. The van der Waals surface area contributed by atoms with Gasteiger partial charge in [0, 0.05) is 5.56 Å². The van der Waals surface area contributed by atoms with Crippen molar-refractivity contribution in [1.82, 2.24) is 15.2 Å². The summed E-state index contributed by atoms with van der Waals surface area (Å²) >= 11 is 0. The van der Waals surface area contributed by atoms with Crippen LogP contribution in [0.5, 0.6) is 0 Å². The molecule has 0 fully saturated rings. The largest absolute Gasteiger partial charge is 0.465 e. The van der Waals surface area contributed by atoms with Crippen LogP contribution in [0.25, 0.3) is 33.6 Å². The lowest BCUT2D eigenvalue weighted by molar-refractivity contribution is 0.0600. The van der Waals surface area contributed by atoms with E-state index in [1.807, 2.05) is 60.7 Å². The number of rotatable bonds is 5. The summed E-state index contributed by atoms with van der Waals surface area (Å²) in [6.07, 6.45) is 0. The standard InChI is InChI=1S/C23H18N4O3/c1-30-23(29)15-11-9-14(10-12-15)18-7-2-3-8-19(18)16-5-4-6-17(13-16)21-25-22(20(24)28)27-26-21/h2-13H,1H3,(H2,24,28)(H,25,26,27). The fourth-order valence-corrected chi connectivity index (χ4v) is 3.22. The van der Waals surface area contributed by atoms with Crippen LogP contribution in [0.4, 0.5) is 0 Å². The van der Waals surface area contributed by atoms with E-state index in [9.17, 15) is 9.59 Å². The van der Waals surface area contributed by atoms with Crippen molar-refractivity contribution in [2.24, 2.45) is 5.73 Å². The molecule has 0 aliphatic heterocycles. The van der Waals surface area contributed by atoms with Crippen LogP contribution in [-0.4, -0.2) is 34.2 Å². The van der Waals surface area contributed by atoms with Gasteiger partial charge in [0.1, 0.15) is 0 Å². The predicted molar refractivity (Wildman–Crippen MR) is 113 cm³/mol. The Kier molecular flexibility index (Phi) is 5.09. The topological polar surface area (TPSA) is 111 Å². The highest BCUT2D eigenvalue weighted by Crippen LogP contribution is 2.33. The predicted octanol–water partition coefficient (Wildman–Crippen LogP) is 3.69. The van der Waals surface area contributed by atoms with Crippen molar-refractivity contribution in [3.05, 3.63) is 84.2 Å². The number of carbonyl (C=O) groups is 2. The van der Waals surface area contributed by atoms with Gasteiger partial charge in [-0.15, -0.1) is 0 Å². The summed E-state index contributed by atoms with van der Waals surface area (Å²) in [5.41, 5.74) is 10.5. The fourth-order valence-electron chi connectivity index (χ4n) is 3.22. The molecule has 0 atom stereocenters. The summed E-state index contributed by atoms with van der Waals surface area (Å²) in [5, 5.41) is 6.62. The Morgan fingerprint density at radius 1 is 0.867 bits per heavy atom. The molecule has 1 heterocycles. The summed E-state index contributed by atoms with van der Waals surface area (Å²) in [6.45, 7) is 0. The number of hydrogen-bond donors (Lipinski definition) is 2. The van der Waals surface area contributed by atoms with Crippen LogP contribution in [0.15, 0.2) is 72.8 Å². The van der Waals surface area contributed by atoms with E-state index in [1.165, 1.54) is 7.11 Å². The van der Waals surface area contributed by atoms with Gasteiger partial charge in [-0.1, -0.05) is 54.6 Å². The monoisotopic (exact) mass is 398 g/mol. The number of carbonyl (C=O) groups excluding carboxylic acids is 2. The van der Waals surface area contributed by atoms with E-state index in [-0.39, 0.29) is 11.8 Å². The second kappa shape index (κ2) is 8.00. The first-order valence-corrected chi connectivity index (χ1v) is 9.17. The molecule has 0 bridgehead atoms. The number of hydrogen-bond acceptors (Lipinski definition) is 5. The fraction of sp³-hybridized carbons (Fsp3) is 0.0435. The minimum atomic E-state index is -0.661. The van der Waals surface area contributed by atoms with Gasteiger partial charge >= 0.3 is 5.97 Å². The van der Waals surface area contributed by atoms with Crippen molar-refractivity contribution >= 4 is 11.9 Å². The molecule has 1 aromatic heterocycles. The van der Waals surface area contributed by atoms with E-state index in [1.54, 1.807) is 12.1 Å². The van der Waals surface area contributed by atoms with Gasteiger partial charge in [0.05, 0.1) is 12.7 Å². The number of methoxy groups -OCH3 is 1. The Morgan fingerprint density at radius 3 is 2.17 bits per heavy atom. The highest BCUT2D eigenvalue weighted by atomic mass is 16.5. The first-order chi connectivity index (χ1) is 14.6. The zero-order valence-corrected chi connectivity index (χ0v) is 16.1. The maximum Gasteiger partial charge on any atom is 0.337 e. The zero-order valence-electron chi connectivity index (χ0n) is 16.1. The van der Waals surface area contributed by atoms with E-state index in [0.29, 0.717) is 11.4 Å². The van der Waals surface area contributed by atoms with Crippen molar-refractivity contribution in [2.75, 3.05) is 7.11 Å². The molecule has 7 heteroatoms. The third kappa shape index (κ3) is 3.68. The molecule has 4 rings (SSSR count). The van der Waals surface area contributed by atoms with E-state index in [0.717, 1.165) is 27.8 Å². The molecular weight excluding hydrogens is 380 g/mol. The van der Waals surface area contributed by atoms with E-state index >= 15 is 0 Å². The van der Waals surface area contributed by atoms with Crippen molar-refractivity contribution in [3.8, 4) is 33.6 Å². The number of primary amides is 1. The van der Waals surface area contributed by atoms with Gasteiger partial charge in [-0.3, -0.25) is 9.89 Å². The molecule has 7 nitrogen and oxygen atoms in total. The Morgan fingerprint density at radius 2 is 1.53 bits per heavy atom. The lowest BCUT2D eigenvalue weighted by Gasteiger charge is -2.11. The Hall–Kier alpha value is -4.26. The van der Waals surface area contributed by atoms with Crippen LogP contribution < -0.4 is 5.73 Å². The van der Waals surface area contributed by atoms with Crippen LogP contribution in [0.1, 0.15) is 21.0 Å². The van der Waals surface area contributed by atoms with Gasteiger partial charge in [-0.05, 0) is 40.5 Å². The Labute approximate surface area is 172 Å². The lowest BCUT2D eigenvalue weighted by Crippen LogP contribution is -2.12. The Bertz CT molecular complexity index is 1230. The molecular formula is C23H18N4O3. The second-order valence-corrected chi connectivity index (χ2v) is 6.57. The lowest BCUT2D eigenvalue weighted by atomic mass is 9.93. The van der Waals surface area contributed by atoms with E-state index in [4.69, 9.17) is 10.5 Å². The van der Waals surface area contributed by atoms with Gasteiger partial charge in [-0.2, -0.15) is 5.10 Å². The number of aromatic nitrogens is 3. The third-order valence-corrected chi connectivity index (χ3v) is 4.69. The van der Waals surface area contributed by atoms with Gasteiger partial charge in [0.25, 0.3) is 5.91 Å². The average molecular weight is 398 g/mol. The molecule has 3 N–H and O–H groups in total. The van der Waals surface area contributed by atoms with Gasteiger partial charge in [-0.25, -0.2) is 9.78 Å². The van der Waals surface area contributed by atoms with Gasteiger partial charge < -0.3 is 10.5 Å². The highest BCUT2D eigenvalue weighted by Gasteiger charge is 2.13. The minimum Gasteiger partial charge on any atom is -0.465 e. The summed E-state index contributed by atoms with van der Waals surface area (Å²) < 4.78 is 4.76. The number of benzene rings is 3. The minimum absolute atomic E-state index is 0.0153. The van der Waals surface area contributed by atoms with Crippen LogP contribution in [0, 0.1) is 0 Å². The maximum atomic E-state index is 11.7. The zero-order chi connectivity index (χ0) is 21.1. The highest BCUT2D eigenvalue weighted by molar-refractivity contribution is 5.91. The molecule has 30 heavy (non-hydrogen) atoms. The van der Waals surface area contributed by atoms with Crippen LogP contribution in [0.2, 0.25) is 0 Å². The molecule has 0 saturated heterocycles. The van der Waals surface area contributed by atoms with Gasteiger partial charge in [0.15, 0.2) is 5.82 Å². The molecule has 0 aliphatic rings. The van der Waals surface area contributed by atoms with Crippen LogP contribution in [-0.2, 0) is 4.74 Å². The number of nitrogens with one attached hydrogen (secondary N) is 1. The van der Waals surface area contributed by atoms with Gasteiger partial charge in [0.2, 0.25) is 5.82 Å².